The summed E-state index contributed by atoms with van der Waals surface area (Å²) in [7, 11) is 0. The predicted octanol–water partition coefficient (Wildman–Crippen LogP) is 15.9. The van der Waals surface area contributed by atoms with Crippen molar-refractivity contribution in [3.05, 3.63) is 229 Å². The Bertz CT molecular complexity index is 3650. The lowest BCUT2D eigenvalue weighted by atomic mass is 9.96. The molecule has 0 fully saturated rings. The van der Waals surface area contributed by atoms with Gasteiger partial charge in [0.1, 0.15) is 0 Å². The van der Waals surface area contributed by atoms with Gasteiger partial charge in [-0.2, -0.15) is 0 Å². The van der Waals surface area contributed by atoms with E-state index >= 15 is 0 Å². The third-order valence-electron chi connectivity index (χ3n) is 13.0. The quantitative estimate of drug-likeness (QED) is 0.160. The topological polar surface area (TPSA) is 35.6 Å². The highest BCUT2D eigenvalue weighted by Crippen LogP contribution is 2.39. The summed E-state index contributed by atoms with van der Waals surface area (Å²) in [6.45, 7) is 6.58. The minimum atomic E-state index is 0.718. The number of fused-ring (bicyclic) bond motifs is 6. The van der Waals surface area contributed by atoms with Crippen LogP contribution in [0.15, 0.2) is 212 Å². The van der Waals surface area contributed by atoms with Crippen LogP contribution in [0, 0.1) is 20.8 Å². The van der Waals surface area contributed by atoms with E-state index in [1.165, 1.54) is 82.7 Å². The standard InChI is InChI=1S/C61H44N4/c1-39-18-31-58-52(34-39)53-35-40(2)19-32-59(53)65(58)49-29-33-60-54(37-49)51-16-10-11-17-57(51)64(60)48-28-30-50(41(3)36-48)44-24-20-42(21-25-44)43-22-26-46(27-23-43)56-38-55(45-12-6-4-7-13-45)62-61(63-56)47-14-8-5-9-15-47/h4-38H,1-3H3. The number of aromatic nitrogens is 4. The molecule has 0 aliphatic rings. The van der Waals surface area contributed by atoms with Crippen molar-refractivity contribution in [2.45, 2.75) is 20.8 Å². The fourth-order valence-electron chi connectivity index (χ4n) is 9.76. The molecule has 0 aliphatic heterocycles. The first kappa shape index (κ1) is 38.3. The molecule has 9 aromatic carbocycles. The Morgan fingerprint density at radius 1 is 0.308 bits per heavy atom. The molecule has 12 aromatic rings. The largest absolute Gasteiger partial charge is 0.309 e. The van der Waals surface area contributed by atoms with E-state index < -0.39 is 0 Å². The zero-order chi connectivity index (χ0) is 43.6. The third kappa shape index (κ3) is 6.70. The molecule has 0 radical (unpaired) electrons. The van der Waals surface area contributed by atoms with E-state index in [0.717, 1.165) is 45.2 Å². The normalized spacial score (nSPS) is 11.6. The number of benzene rings is 9. The average molecular weight is 833 g/mol. The zero-order valence-electron chi connectivity index (χ0n) is 36.5. The molecule has 0 saturated heterocycles. The molecule has 0 atom stereocenters. The smallest absolute Gasteiger partial charge is 0.160 e. The zero-order valence-corrected chi connectivity index (χ0v) is 36.5. The molecular weight excluding hydrogens is 789 g/mol. The van der Waals surface area contributed by atoms with Crippen LogP contribution in [-0.4, -0.2) is 19.1 Å². The number of rotatable bonds is 7. The van der Waals surface area contributed by atoms with Crippen molar-refractivity contribution in [1.82, 2.24) is 19.1 Å². The summed E-state index contributed by atoms with van der Waals surface area (Å²) in [6.07, 6.45) is 0. The molecule has 3 aromatic heterocycles. The highest BCUT2D eigenvalue weighted by molar-refractivity contribution is 6.12. The van der Waals surface area contributed by atoms with Gasteiger partial charge in [-0.25, -0.2) is 9.97 Å². The van der Waals surface area contributed by atoms with E-state index in [4.69, 9.17) is 9.97 Å². The Morgan fingerprint density at radius 2 is 0.754 bits per heavy atom. The van der Waals surface area contributed by atoms with Crippen molar-refractivity contribution in [3.63, 3.8) is 0 Å². The number of nitrogens with zero attached hydrogens (tertiary/aromatic N) is 4. The summed E-state index contributed by atoms with van der Waals surface area (Å²) in [6, 6.07) is 76.5. The van der Waals surface area contributed by atoms with Crippen molar-refractivity contribution in [3.8, 4) is 67.5 Å². The number of aryl methyl sites for hydroxylation is 3. The second-order valence-corrected chi connectivity index (χ2v) is 17.3. The number of hydrogen-bond donors (Lipinski definition) is 0. The van der Waals surface area contributed by atoms with E-state index in [9.17, 15) is 0 Å². The van der Waals surface area contributed by atoms with Crippen LogP contribution in [-0.2, 0) is 0 Å². The third-order valence-corrected chi connectivity index (χ3v) is 13.0. The van der Waals surface area contributed by atoms with Gasteiger partial charge in [0, 0.05) is 49.6 Å². The molecule has 0 spiro atoms. The summed E-state index contributed by atoms with van der Waals surface area (Å²) in [5.74, 6) is 0.718. The van der Waals surface area contributed by atoms with Crippen molar-refractivity contribution in [2.24, 2.45) is 0 Å². The highest BCUT2D eigenvalue weighted by Gasteiger charge is 2.18. The molecule has 0 bridgehead atoms. The van der Waals surface area contributed by atoms with Gasteiger partial charge in [0.15, 0.2) is 5.82 Å². The maximum Gasteiger partial charge on any atom is 0.160 e. The lowest BCUT2D eigenvalue weighted by Gasteiger charge is -2.13. The Kier molecular flexibility index (Phi) is 9.13. The Balaban J connectivity index is 0.855. The van der Waals surface area contributed by atoms with Gasteiger partial charge in [-0.1, -0.05) is 157 Å². The first-order valence-electron chi connectivity index (χ1n) is 22.3. The van der Waals surface area contributed by atoms with Crippen LogP contribution < -0.4 is 0 Å². The van der Waals surface area contributed by atoms with E-state index in [-0.39, 0.29) is 0 Å². The summed E-state index contributed by atoms with van der Waals surface area (Å²) >= 11 is 0. The van der Waals surface area contributed by atoms with Crippen molar-refractivity contribution < 1.29 is 0 Å². The second-order valence-electron chi connectivity index (χ2n) is 17.3. The predicted molar refractivity (Wildman–Crippen MR) is 272 cm³/mol. The van der Waals surface area contributed by atoms with Gasteiger partial charge in [-0.3, -0.25) is 0 Å². The summed E-state index contributed by atoms with van der Waals surface area (Å²) in [5, 5.41) is 5.07. The second kappa shape index (κ2) is 15.5. The molecular formula is C61H44N4. The molecule has 12 rings (SSSR count). The molecule has 0 N–H and O–H groups in total. The number of hydrogen-bond acceptors (Lipinski definition) is 2. The Labute approximate surface area is 378 Å². The lowest BCUT2D eigenvalue weighted by molar-refractivity contribution is 1.16. The van der Waals surface area contributed by atoms with Gasteiger partial charge in [-0.15, -0.1) is 0 Å². The minimum Gasteiger partial charge on any atom is -0.309 e. The minimum absolute atomic E-state index is 0.718. The molecule has 4 nitrogen and oxygen atoms in total. The van der Waals surface area contributed by atoms with Crippen LogP contribution in [0.25, 0.3) is 111 Å². The Hall–Kier alpha value is -8.34. The van der Waals surface area contributed by atoms with Gasteiger partial charge in [0.05, 0.1) is 33.5 Å². The fraction of sp³-hybridized carbons (Fsp3) is 0.0492. The fourth-order valence-corrected chi connectivity index (χ4v) is 9.76. The first-order chi connectivity index (χ1) is 31.9. The molecule has 3 heterocycles. The van der Waals surface area contributed by atoms with Crippen LogP contribution in [0.4, 0.5) is 0 Å². The average Bonchev–Trinajstić information content (AvgIpc) is 3.86. The molecule has 65 heavy (non-hydrogen) atoms. The summed E-state index contributed by atoms with van der Waals surface area (Å²) < 4.78 is 4.85. The molecule has 0 saturated carbocycles. The van der Waals surface area contributed by atoms with Crippen molar-refractivity contribution >= 4 is 43.6 Å². The van der Waals surface area contributed by atoms with Gasteiger partial charge in [0.2, 0.25) is 0 Å². The van der Waals surface area contributed by atoms with Gasteiger partial charge >= 0.3 is 0 Å². The lowest BCUT2D eigenvalue weighted by Crippen LogP contribution is -1.97. The van der Waals surface area contributed by atoms with Crippen LogP contribution >= 0.6 is 0 Å². The highest BCUT2D eigenvalue weighted by atomic mass is 15.0. The van der Waals surface area contributed by atoms with Gasteiger partial charge in [-0.05, 0) is 115 Å². The first-order valence-corrected chi connectivity index (χ1v) is 22.3. The van der Waals surface area contributed by atoms with Crippen LogP contribution in [0.1, 0.15) is 16.7 Å². The van der Waals surface area contributed by atoms with E-state index in [1.807, 2.05) is 36.4 Å². The van der Waals surface area contributed by atoms with Crippen LogP contribution in [0.3, 0.4) is 0 Å². The maximum atomic E-state index is 5.03. The van der Waals surface area contributed by atoms with E-state index in [0.29, 0.717) is 0 Å². The van der Waals surface area contributed by atoms with Gasteiger partial charge < -0.3 is 9.13 Å². The van der Waals surface area contributed by atoms with Crippen molar-refractivity contribution in [2.75, 3.05) is 0 Å². The SMILES string of the molecule is Cc1ccc2c(c1)c1cc(C)ccc1n2-c1ccc2c(c1)c1ccccc1n2-c1ccc(-c2ccc(-c3ccc(-c4cc(-c5ccccc5)nc(-c5ccccc5)n4)cc3)cc2)c(C)c1. The van der Waals surface area contributed by atoms with Crippen LogP contribution in [0.2, 0.25) is 0 Å². The number of para-hydroxylation sites is 1. The van der Waals surface area contributed by atoms with E-state index in [1.54, 1.807) is 0 Å². The molecule has 4 heteroatoms. The van der Waals surface area contributed by atoms with Crippen LogP contribution in [0.5, 0.6) is 0 Å². The molecule has 0 unspecified atom stereocenters. The van der Waals surface area contributed by atoms with E-state index in [2.05, 4.69) is 206 Å². The molecule has 308 valence electrons. The Morgan fingerprint density at radius 3 is 1.35 bits per heavy atom. The molecule has 0 aliphatic carbocycles. The van der Waals surface area contributed by atoms with Gasteiger partial charge in [0.25, 0.3) is 0 Å². The summed E-state index contributed by atoms with van der Waals surface area (Å²) in [4.78, 5) is 9.99. The monoisotopic (exact) mass is 832 g/mol. The maximum absolute atomic E-state index is 5.03. The van der Waals surface area contributed by atoms with Crippen molar-refractivity contribution in [1.29, 1.82) is 0 Å². The summed E-state index contributed by atoms with van der Waals surface area (Å²) in [5.41, 5.74) is 20.6. The molecule has 0 amide bonds.